The van der Waals surface area contributed by atoms with E-state index in [4.69, 9.17) is 9.47 Å². The Hall–Kier alpha value is -4.01. The van der Waals surface area contributed by atoms with Gasteiger partial charge in [-0.1, -0.05) is 70.5 Å². The number of amides is 1. The molecule has 40 heavy (non-hydrogen) atoms. The fourth-order valence-electron chi connectivity index (χ4n) is 4.00. The summed E-state index contributed by atoms with van der Waals surface area (Å²) in [5.74, 6) is 1.28. The van der Waals surface area contributed by atoms with Crippen molar-refractivity contribution in [3.8, 4) is 11.5 Å². The predicted molar refractivity (Wildman–Crippen MR) is 160 cm³/mol. The second-order valence-corrected chi connectivity index (χ2v) is 10.3. The molecule has 7 nitrogen and oxygen atoms in total. The van der Waals surface area contributed by atoms with Crippen LogP contribution < -0.4 is 14.8 Å². The average molecular weight is 606 g/mol. The zero-order valence-corrected chi connectivity index (χ0v) is 23.7. The van der Waals surface area contributed by atoms with Crippen molar-refractivity contribution in [3.05, 3.63) is 124 Å². The number of aliphatic hydroxyl groups excluding tert-OH is 1. The van der Waals surface area contributed by atoms with E-state index in [-0.39, 0.29) is 19.7 Å². The minimum atomic E-state index is -1.08. The van der Waals surface area contributed by atoms with Crippen LogP contribution in [0.1, 0.15) is 16.7 Å². The molecule has 0 spiro atoms. The maximum atomic E-state index is 11.8. The first-order valence-electron chi connectivity index (χ1n) is 13.1. The number of carboxylic acid groups (broad SMARTS) is 1. The molecule has 0 heterocycles. The Labute approximate surface area is 243 Å². The predicted octanol–water partition coefficient (Wildman–Crippen LogP) is 6.60. The highest BCUT2D eigenvalue weighted by Crippen LogP contribution is 2.19. The highest BCUT2D eigenvalue weighted by Gasteiger charge is 2.17. The Bertz CT molecular complexity index is 1320. The molecule has 0 aliphatic carbocycles. The third-order valence-electron chi connectivity index (χ3n) is 6.25. The Kier molecular flexibility index (Phi) is 10.8. The van der Waals surface area contributed by atoms with E-state index in [2.05, 4.69) is 33.4 Å². The van der Waals surface area contributed by atoms with E-state index >= 15 is 0 Å². The smallest absolute Gasteiger partial charge is 0.407 e. The first kappa shape index (κ1) is 29.0. The summed E-state index contributed by atoms with van der Waals surface area (Å²) in [6.07, 6.45) is -1.50. The summed E-state index contributed by atoms with van der Waals surface area (Å²) in [5, 5.41) is 23.5. The molecule has 3 N–H and O–H groups in total. The van der Waals surface area contributed by atoms with Crippen LogP contribution in [0.3, 0.4) is 0 Å². The maximum Gasteiger partial charge on any atom is 0.407 e. The summed E-state index contributed by atoms with van der Waals surface area (Å²) in [6, 6.07) is 33.1. The molecule has 0 aliphatic heterocycles. The van der Waals surface area contributed by atoms with Gasteiger partial charge in [0.05, 0.1) is 6.54 Å². The third kappa shape index (κ3) is 9.63. The van der Waals surface area contributed by atoms with Gasteiger partial charge in [-0.25, -0.2) is 4.79 Å². The van der Waals surface area contributed by atoms with E-state index in [1.807, 2.05) is 66.7 Å². The maximum absolute atomic E-state index is 11.8. The van der Waals surface area contributed by atoms with Gasteiger partial charge in [0.2, 0.25) is 0 Å². The SMILES string of the molecule is O=C(O)N(CCc1ccc(NCc2ccc(Br)cc2)cc1)C[C@H](O)COc1ccc(OCc2ccccc2)cc1. The van der Waals surface area contributed by atoms with Crippen LogP contribution in [0.5, 0.6) is 11.5 Å². The van der Waals surface area contributed by atoms with Crippen molar-refractivity contribution in [2.24, 2.45) is 0 Å². The minimum absolute atomic E-state index is 0.0211. The van der Waals surface area contributed by atoms with E-state index in [0.29, 0.717) is 31.1 Å². The molecule has 0 unspecified atom stereocenters. The molecule has 1 amide bonds. The summed E-state index contributed by atoms with van der Waals surface area (Å²) < 4.78 is 12.5. The molecule has 0 radical (unpaired) electrons. The number of aliphatic hydroxyl groups is 1. The number of hydrogen-bond acceptors (Lipinski definition) is 5. The first-order chi connectivity index (χ1) is 19.4. The molecule has 0 bridgehead atoms. The van der Waals surface area contributed by atoms with Crippen molar-refractivity contribution in [1.82, 2.24) is 4.90 Å². The average Bonchev–Trinajstić information content (AvgIpc) is 2.98. The van der Waals surface area contributed by atoms with Crippen molar-refractivity contribution in [3.63, 3.8) is 0 Å². The lowest BCUT2D eigenvalue weighted by molar-refractivity contribution is 0.0655. The monoisotopic (exact) mass is 604 g/mol. The number of anilines is 1. The highest BCUT2D eigenvalue weighted by atomic mass is 79.9. The van der Waals surface area contributed by atoms with Gasteiger partial charge in [-0.15, -0.1) is 0 Å². The topological polar surface area (TPSA) is 91.3 Å². The first-order valence-corrected chi connectivity index (χ1v) is 13.9. The van der Waals surface area contributed by atoms with Gasteiger partial charge >= 0.3 is 6.09 Å². The van der Waals surface area contributed by atoms with E-state index in [1.165, 1.54) is 10.5 Å². The van der Waals surface area contributed by atoms with Gasteiger partial charge in [-0.2, -0.15) is 0 Å². The number of nitrogens with zero attached hydrogens (tertiary/aromatic N) is 1. The molecule has 0 saturated heterocycles. The molecule has 0 aliphatic rings. The van der Waals surface area contributed by atoms with Crippen LogP contribution in [0.25, 0.3) is 0 Å². The number of halogens is 1. The molecule has 8 heteroatoms. The van der Waals surface area contributed by atoms with Crippen molar-refractivity contribution in [2.75, 3.05) is 25.0 Å². The molecule has 0 fully saturated rings. The molecular formula is C32H33BrN2O5. The largest absolute Gasteiger partial charge is 0.491 e. The molecular weight excluding hydrogens is 572 g/mol. The minimum Gasteiger partial charge on any atom is -0.491 e. The normalized spacial score (nSPS) is 11.4. The fourth-order valence-corrected chi connectivity index (χ4v) is 4.26. The number of carbonyl (C=O) groups is 1. The van der Waals surface area contributed by atoms with Crippen molar-refractivity contribution >= 4 is 27.7 Å². The van der Waals surface area contributed by atoms with E-state index in [9.17, 15) is 15.0 Å². The zero-order chi connectivity index (χ0) is 28.2. The third-order valence-corrected chi connectivity index (χ3v) is 6.78. The van der Waals surface area contributed by atoms with E-state index in [1.54, 1.807) is 24.3 Å². The number of benzene rings is 4. The van der Waals surface area contributed by atoms with Gasteiger partial charge in [0.1, 0.15) is 30.8 Å². The van der Waals surface area contributed by atoms with Gasteiger partial charge in [0.25, 0.3) is 0 Å². The van der Waals surface area contributed by atoms with Crippen LogP contribution in [0.4, 0.5) is 10.5 Å². The molecule has 208 valence electrons. The molecule has 1 atom stereocenters. The Morgan fingerprint density at radius 3 is 2.08 bits per heavy atom. The van der Waals surface area contributed by atoms with Crippen LogP contribution in [-0.2, 0) is 19.6 Å². The van der Waals surface area contributed by atoms with Crippen LogP contribution in [0.2, 0.25) is 0 Å². The summed E-state index contributed by atoms with van der Waals surface area (Å²) in [6.45, 7) is 1.39. The summed E-state index contributed by atoms with van der Waals surface area (Å²) in [4.78, 5) is 13.0. The Morgan fingerprint density at radius 2 is 1.43 bits per heavy atom. The quantitative estimate of drug-likeness (QED) is 0.150. The number of nitrogens with one attached hydrogen (secondary N) is 1. The fraction of sp³-hybridized carbons (Fsp3) is 0.219. The van der Waals surface area contributed by atoms with Crippen LogP contribution in [-0.4, -0.2) is 47.0 Å². The van der Waals surface area contributed by atoms with Gasteiger partial charge in [0, 0.05) is 23.2 Å². The Balaban J connectivity index is 1.18. The second-order valence-electron chi connectivity index (χ2n) is 9.37. The van der Waals surface area contributed by atoms with Crippen LogP contribution >= 0.6 is 15.9 Å². The lowest BCUT2D eigenvalue weighted by atomic mass is 10.1. The second kappa shape index (κ2) is 15.0. The van der Waals surface area contributed by atoms with E-state index < -0.39 is 12.2 Å². The lowest BCUT2D eigenvalue weighted by Gasteiger charge is -2.22. The molecule has 0 aromatic heterocycles. The Morgan fingerprint density at radius 1 is 0.800 bits per heavy atom. The zero-order valence-electron chi connectivity index (χ0n) is 22.1. The highest BCUT2D eigenvalue weighted by molar-refractivity contribution is 9.10. The van der Waals surface area contributed by atoms with Gasteiger partial charge < -0.3 is 29.9 Å². The lowest BCUT2D eigenvalue weighted by Crippen LogP contribution is -2.40. The number of hydrogen-bond donors (Lipinski definition) is 3. The van der Waals surface area contributed by atoms with Crippen molar-refractivity contribution < 1.29 is 24.5 Å². The summed E-state index contributed by atoms with van der Waals surface area (Å²) >= 11 is 3.44. The molecule has 4 rings (SSSR count). The van der Waals surface area contributed by atoms with Crippen molar-refractivity contribution in [2.45, 2.75) is 25.7 Å². The molecule has 0 saturated carbocycles. The summed E-state index contributed by atoms with van der Waals surface area (Å²) in [5.41, 5.74) is 4.26. The number of ether oxygens (including phenoxy) is 2. The van der Waals surface area contributed by atoms with Crippen LogP contribution in [0, 0.1) is 0 Å². The van der Waals surface area contributed by atoms with Gasteiger partial charge in [0.15, 0.2) is 0 Å². The molecule has 4 aromatic rings. The molecule has 4 aromatic carbocycles. The van der Waals surface area contributed by atoms with Crippen LogP contribution in [0.15, 0.2) is 108 Å². The standard InChI is InChI=1S/C32H33BrN2O5/c33-27-10-6-25(7-11-27)20-34-28-12-8-24(9-13-28)18-19-35(32(37)38)21-29(36)23-40-31-16-14-30(15-17-31)39-22-26-4-2-1-3-5-26/h1-17,29,34,36H,18-23H2,(H,37,38)/t29-/m0/s1. The van der Waals surface area contributed by atoms with Gasteiger partial charge in [-0.05, 0) is 71.6 Å². The van der Waals surface area contributed by atoms with E-state index in [0.717, 1.165) is 21.3 Å². The van der Waals surface area contributed by atoms with Crippen molar-refractivity contribution in [1.29, 1.82) is 0 Å². The summed E-state index contributed by atoms with van der Waals surface area (Å²) in [7, 11) is 0. The van der Waals surface area contributed by atoms with Gasteiger partial charge in [-0.3, -0.25) is 0 Å². The number of rotatable bonds is 14.